The van der Waals surface area contributed by atoms with Gasteiger partial charge in [0, 0.05) is 18.8 Å². The van der Waals surface area contributed by atoms with Crippen LogP contribution >= 0.6 is 15.9 Å². The average Bonchev–Trinajstić information content (AvgIpc) is 2.47. The number of para-hydroxylation sites is 1. The van der Waals surface area contributed by atoms with Gasteiger partial charge in [-0.05, 0) is 40.2 Å². The van der Waals surface area contributed by atoms with Crippen LogP contribution in [-0.4, -0.2) is 23.8 Å². The highest BCUT2D eigenvalue weighted by atomic mass is 79.9. The number of hydrogen-bond acceptors (Lipinski definition) is 3. The maximum absolute atomic E-state index is 12.1. The topological polar surface area (TPSA) is 71.1 Å². The molecule has 6 heteroatoms. The summed E-state index contributed by atoms with van der Waals surface area (Å²) in [7, 11) is 1.54. The summed E-state index contributed by atoms with van der Waals surface area (Å²) in [6.45, 7) is 0. The van der Waals surface area contributed by atoms with Gasteiger partial charge in [-0.15, -0.1) is 0 Å². The van der Waals surface area contributed by atoms with Gasteiger partial charge in [0.1, 0.15) is 4.60 Å². The molecule has 2 rings (SSSR count). The number of carbonyl (C=O) groups is 2. The van der Waals surface area contributed by atoms with Crippen molar-refractivity contribution in [1.82, 2.24) is 10.3 Å². The summed E-state index contributed by atoms with van der Waals surface area (Å²) in [5, 5.41) is 5.26. The summed E-state index contributed by atoms with van der Waals surface area (Å²) in [5.41, 5.74) is 1.33. The van der Waals surface area contributed by atoms with Crippen LogP contribution in [0.2, 0.25) is 0 Å². The van der Waals surface area contributed by atoms with Crippen molar-refractivity contribution in [1.29, 1.82) is 0 Å². The molecular formula is C14H12BrN3O2. The maximum atomic E-state index is 12.1. The molecule has 0 aliphatic heterocycles. The quantitative estimate of drug-likeness (QED) is 0.847. The zero-order chi connectivity index (χ0) is 14.5. The highest BCUT2D eigenvalue weighted by Crippen LogP contribution is 2.17. The van der Waals surface area contributed by atoms with Gasteiger partial charge in [-0.2, -0.15) is 0 Å². The molecule has 0 fully saturated rings. The number of aromatic nitrogens is 1. The van der Waals surface area contributed by atoms with Gasteiger partial charge in [0.05, 0.1) is 11.3 Å². The second kappa shape index (κ2) is 6.29. The van der Waals surface area contributed by atoms with E-state index in [1.165, 1.54) is 6.20 Å². The van der Waals surface area contributed by atoms with Crippen LogP contribution in [0.15, 0.2) is 47.2 Å². The van der Waals surface area contributed by atoms with Gasteiger partial charge < -0.3 is 10.6 Å². The molecule has 0 radical (unpaired) electrons. The number of pyridine rings is 1. The monoisotopic (exact) mass is 333 g/mol. The first-order valence-corrected chi connectivity index (χ1v) is 6.65. The first-order valence-electron chi connectivity index (χ1n) is 5.86. The lowest BCUT2D eigenvalue weighted by Gasteiger charge is -2.10. The van der Waals surface area contributed by atoms with Gasteiger partial charge in [0.15, 0.2) is 0 Å². The van der Waals surface area contributed by atoms with E-state index in [1.54, 1.807) is 43.4 Å². The van der Waals surface area contributed by atoms with Crippen LogP contribution in [0.25, 0.3) is 0 Å². The third-order valence-corrected chi connectivity index (χ3v) is 3.07. The molecule has 0 bridgehead atoms. The molecular weight excluding hydrogens is 322 g/mol. The van der Waals surface area contributed by atoms with Gasteiger partial charge in [-0.3, -0.25) is 9.59 Å². The molecule has 0 saturated heterocycles. The zero-order valence-corrected chi connectivity index (χ0v) is 12.3. The van der Waals surface area contributed by atoms with Gasteiger partial charge in [0.2, 0.25) is 0 Å². The first kappa shape index (κ1) is 14.2. The Labute approximate surface area is 124 Å². The number of carbonyl (C=O) groups excluding carboxylic acids is 2. The molecule has 2 N–H and O–H groups in total. The van der Waals surface area contributed by atoms with Crippen LogP contribution < -0.4 is 10.6 Å². The molecule has 0 saturated carbocycles. The number of nitrogens with one attached hydrogen (secondary N) is 2. The minimum atomic E-state index is -0.301. The van der Waals surface area contributed by atoms with Crippen molar-refractivity contribution in [2.24, 2.45) is 0 Å². The summed E-state index contributed by atoms with van der Waals surface area (Å²) in [5.74, 6) is -0.554. The van der Waals surface area contributed by atoms with Gasteiger partial charge in [-0.25, -0.2) is 4.98 Å². The van der Waals surface area contributed by atoms with Gasteiger partial charge in [-0.1, -0.05) is 12.1 Å². The fourth-order valence-electron chi connectivity index (χ4n) is 1.66. The number of benzene rings is 1. The normalized spacial score (nSPS) is 9.90. The van der Waals surface area contributed by atoms with Crippen LogP contribution in [0.4, 0.5) is 5.69 Å². The molecule has 0 aliphatic carbocycles. The summed E-state index contributed by atoms with van der Waals surface area (Å²) < 4.78 is 0.574. The number of halogens is 1. The molecule has 0 spiro atoms. The molecule has 2 amide bonds. The number of hydrogen-bond donors (Lipinski definition) is 2. The SMILES string of the molecule is CNC(=O)c1ccccc1NC(=O)c1ccnc(Br)c1. The smallest absolute Gasteiger partial charge is 0.255 e. The summed E-state index contributed by atoms with van der Waals surface area (Å²) in [6.07, 6.45) is 1.53. The van der Waals surface area contributed by atoms with Crippen molar-refractivity contribution in [3.63, 3.8) is 0 Å². The second-order valence-corrected chi connectivity index (χ2v) is 4.76. The Morgan fingerprint density at radius 3 is 2.60 bits per heavy atom. The van der Waals surface area contributed by atoms with E-state index in [0.717, 1.165) is 0 Å². The zero-order valence-electron chi connectivity index (χ0n) is 10.7. The van der Waals surface area contributed by atoms with Crippen molar-refractivity contribution in [2.75, 3.05) is 12.4 Å². The van der Waals surface area contributed by atoms with E-state index in [4.69, 9.17) is 0 Å². The minimum absolute atomic E-state index is 0.253. The Morgan fingerprint density at radius 2 is 1.90 bits per heavy atom. The number of nitrogens with zero attached hydrogens (tertiary/aromatic N) is 1. The highest BCUT2D eigenvalue weighted by Gasteiger charge is 2.13. The van der Waals surface area contributed by atoms with E-state index in [-0.39, 0.29) is 11.8 Å². The summed E-state index contributed by atoms with van der Waals surface area (Å²) in [4.78, 5) is 27.8. The molecule has 20 heavy (non-hydrogen) atoms. The van der Waals surface area contributed by atoms with Crippen LogP contribution in [-0.2, 0) is 0 Å². The summed E-state index contributed by atoms with van der Waals surface area (Å²) in [6, 6.07) is 10.0. The van der Waals surface area contributed by atoms with Crippen LogP contribution in [0.1, 0.15) is 20.7 Å². The number of rotatable bonds is 3. The Hall–Kier alpha value is -2.21. The van der Waals surface area contributed by atoms with Gasteiger partial charge >= 0.3 is 0 Å². The van der Waals surface area contributed by atoms with Crippen molar-refractivity contribution >= 4 is 33.4 Å². The molecule has 102 valence electrons. The fraction of sp³-hybridized carbons (Fsp3) is 0.0714. The molecule has 1 heterocycles. The summed E-state index contributed by atoms with van der Waals surface area (Å²) >= 11 is 3.21. The Morgan fingerprint density at radius 1 is 1.15 bits per heavy atom. The standard InChI is InChI=1S/C14H12BrN3O2/c1-16-14(20)10-4-2-3-5-11(10)18-13(19)9-6-7-17-12(15)8-9/h2-8H,1H3,(H,16,20)(H,18,19). The van der Waals surface area contributed by atoms with Gasteiger partial charge in [0.25, 0.3) is 11.8 Å². The molecule has 0 atom stereocenters. The highest BCUT2D eigenvalue weighted by molar-refractivity contribution is 9.10. The lowest BCUT2D eigenvalue weighted by molar-refractivity contribution is 0.0964. The number of anilines is 1. The van der Waals surface area contributed by atoms with Crippen molar-refractivity contribution < 1.29 is 9.59 Å². The maximum Gasteiger partial charge on any atom is 0.255 e. The predicted octanol–water partition coefficient (Wildman–Crippen LogP) is 2.46. The largest absolute Gasteiger partial charge is 0.355 e. The molecule has 1 aromatic carbocycles. The lowest BCUT2D eigenvalue weighted by atomic mass is 10.1. The van der Waals surface area contributed by atoms with E-state index in [9.17, 15) is 9.59 Å². The molecule has 0 aliphatic rings. The molecule has 2 aromatic rings. The van der Waals surface area contributed by atoms with Crippen LogP contribution in [0.3, 0.4) is 0 Å². The van der Waals surface area contributed by atoms with E-state index in [2.05, 4.69) is 31.5 Å². The van der Waals surface area contributed by atoms with Crippen molar-refractivity contribution in [3.05, 3.63) is 58.3 Å². The molecule has 0 unspecified atom stereocenters. The minimum Gasteiger partial charge on any atom is -0.355 e. The second-order valence-electron chi connectivity index (χ2n) is 3.95. The number of amides is 2. The van der Waals surface area contributed by atoms with E-state index >= 15 is 0 Å². The van der Waals surface area contributed by atoms with Crippen LogP contribution in [0.5, 0.6) is 0 Å². The fourth-order valence-corrected chi connectivity index (χ4v) is 2.03. The molecule has 5 nitrogen and oxygen atoms in total. The van der Waals surface area contributed by atoms with Crippen molar-refractivity contribution in [3.8, 4) is 0 Å². The van der Waals surface area contributed by atoms with E-state index < -0.39 is 0 Å². The first-order chi connectivity index (χ1) is 9.61. The molecule has 1 aromatic heterocycles. The Kier molecular flexibility index (Phi) is 4.47. The third kappa shape index (κ3) is 3.21. The Balaban J connectivity index is 2.26. The van der Waals surface area contributed by atoms with Crippen LogP contribution in [0, 0.1) is 0 Å². The van der Waals surface area contributed by atoms with Crippen molar-refractivity contribution in [2.45, 2.75) is 0 Å². The Bertz CT molecular complexity index is 658. The predicted molar refractivity (Wildman–Crippen MR) is 79.7 cm³/mol. The third-order valence-electron chi connectivity index (χ3n) is 2.64. The lowest BCUT2D eigenvalue weighted by Crippen LogP contribution is -2.21. The van der Waals surface area contributed by atoms with E-state index in [1.807, 2.05) is 0 Å². The average molecular weight is 334 g/mol. The van der Waals surface area contributed by atoms with E-state index in [0.29, 0.717) is 21.4 Å².